The Bertz CT molecular complexity index is 345. The summed E-state index contributed by atoms with van der Waals surface area (Å²) in [5, 5.41) is 9.74. The minimum absolute atomic E-state index is 0.461. The van der Waals surface area contributed by atoms with Crippen LogP contribution >= 0.6 is 0 Å². The summed E-state index contributed by atoms with van der Waals surface area (Å²) in [6.07, 6.45) is 5.14. The van der Waals surface area contributed by atoms with E-state index in [1.165, 1.54) is 25.7 Å². The van der Waals surface area contributed by atoms with Crippen LogP contribution in [0.15, 0.2) is 0 Å². The van der Waals surface area contributed by atoms with Gasteiger partial charge in [0.2, 0.25) is 0 Å². The van der Waals surface area contributed by atoms with E-state index < -0.39 is 12.1 Å². The van der Waals surface area contributed by atoms with Crippen LogP contribution in [0.4, 0.5) is 4.79 Å². The molecule has 2 aliphatic rings. The van der Waals surface area contributed by atoms with Gasteiger partial charge in [-0.1, -0.05) is 18.3 Å². The van der Waals surface area contributed by atoms with Crippen LogP contribution < -0.4 is 5.73 Å². The Balaban J connectivity index is 1.92. The Morgan fingerprint density at radius 2 is 2.25 bits per heavy atom. The third kappa shape index (κ3) is 2.14. The van der Waals surface area contributed by atoms with Gasteiger partial charge >= 0.3 is 6.03 Å². The molecule has 0 aromatic rings. The standard InChI is InChI=1S/C12H18N2O2/c1-8(14(16)12(13)15)2-4-10-6-9-3-5-11(10)7-9/h8-11,16H,3,5-7H2,1H3,(H2,13,15). The summed E-state index contributed by atoms with van der Waals surface area (Å²) in [5.41, 5.74) is 4.95. The lowest BCUT2D eigenvalue weighted by atomic mass is 9.89. The van der Waals surface area contributed by atoms with Crippen LogP contribution in [0.3, 0.4) is 0 Å². The number of hydrogen-bond acceptors (Lipinski definition) is 2. The molecular weight excluding hydrogens is 204 g/mol. The van der Waals surface area contributed by atoms with Crippen molar-refractivity contribution in [2.24, 2.45) is 23.5 Å². The van der Waals surface area contributed by atoms with Gasteiger partial charge in [-0.25, -0.2) is 4.79 Å². The summed E-state index contributed by atoms with van der Waals surface area (Å²) >= 11 is 0. The Morgan fingerprint density at radius 3 is 2.75 bits per heavy atom. The summed E-state index contributed by atoms with van der Waals surface area (Å²) in [6, 6.07) is -1.37. The second kappa shape index (κ2) is 4.34. The highest BCUT2D eigenvalue weighted by Gasteiger charge is 2.38. The molecule has 2 bridgehead atoms. The number of amides is 2. The molecule has 2 rings (SSSR count). The maximum absolute atomic E-state index is 10.7. The van der Waals surface area contributed by atoms with Crippen molar-refractivity contribution in [3.8, 4) is 11.8 Å². The van der Waals surface area contributed by atoms with E-state index in [9.17, 15) is 10.0 Å². The Hall–Kier alpha value is -1.21. The van der Waals surface area contributed by atoms with Crippen LogP contribution in [0.1, 0.15) is 32.6 Å². The molecule has 4 nitrogen and oxygen atoms in total. The average molecular weight is 222 g/mol. The molecule has 0 aromatic carbocycles. The molecule has 0 saturated heterocycles. The number of nitrogens with two attached hydrogens (primary N) is 1. The van der Waals surface area contributed by atoms with E-state index in [1.54, 1.807) is 6.92 Å². The lowest BCUT2D eigenvalue weighted by Crippen LogP contribution is -2.38. The first-order valence-corrected chi connectivity index (χ1v) is 5.86. The van der Waals surface area contributed by atoms with E-state index in [0.29, 0.717) is 11.0 Å². The normalized spacial score (nSPS) is 33.0. The van der Waals surface area contributed by atoms with Crippen LogP contribution in [0.2, 0.25) is 0 Å². The molecule has 0 aromatic heterocycles. The van der Waals surface area contributed by atoms with Gasteiger partial charge in [-0.3, -0.25) is 5.21 Å². The molecule has 0 radical (unpaired) electrons. The first kappa shape index (κ1) is 11.3. The predicted octanol–water partition coefficient (Wildman–Crippen LogP) is 1.58. The van der Waals surface area contributed by atoms with E-state index in [2.05, 4.69) is 11.8 Å². The number of urea groups is 1. The summed E-state index contributed by atoms with van der Waals surface area (Å²) in [7, 11) is 0. The third-order valence-electron chi connectivity index (χ3n) is 3.81. The molecule has 4 unspecified atom stereocenters. The van der Waals surface area contributed by atoms with Gasteiger partial charge in [0.15, 0.2) is 0 Å². The highest BCUT2D eigenvalue weighted by molar-refractivity contribution is 5.71. The number of hydrogen-bond donors (Lipinski definition) is 2. The fourth-order valence-electron chi connectivity index (χ4n) is 2.90. The fraction of sp³-hybridized carbons (Fsp3) is 0.750. The van der Waals surface area contributed by atoms with Gasteiger partial charge in [0.05, 0.1) is 0 Å². The molecule has 4 atom stereocenters. The Labute approximate surface area is 95.8 Å². The monoisotopic (exact) mass is 222 g/mol. The molecule has 0 aliphatic heterocycles. The van der Waals surface area contributed by atoms with Gasteiger partial charge in [0.1, 0.15) is 6.04 Å². The fourth-order valence-corrected chi connectivity index (χ4v) is 2.90. The molecule has 2 fully saturated rings. The zero-order valence-electron chi connectivity index (χ0n) is 9.52. The van der Waals surface area contributed by atoms with Crippen LogP contribution in [0, 0.1) is 29.6 Å². The SMILES string of the molecule is CC(C#CC1CC2CCC1C2)N(O)C(N)=O. The number of hydroxylamine groups is 2. The van der Waals surface area contributed by atoms with E-state index >= 15 is 0 Å². The first-order chi connectivity index (χ1) is 7.58. The van der Waals surface area contributed by atoms with E-state index in [4.69, 9.17) is 5.73 Å². The van der Waals surface area contributed by atoms with Crippen molar-refractivity contribution in [2.45, 2.75) is 38.6 Å². The highest BCUT2D eigenvalue weighted by atomic mass is 16.5. The predicted molar refractivity (Wildman–Crippen MR) is 59.4 cm³/mol. The smallest absolute Gasteiger partial charge is 0.339 e. The van der Waals surface area contributed by atoms with Crippen molar-refractivity contribution in [3.63, 3.8) is 0 Å². The number of fused-ring (bicyclic) bond motifs is 2. The summed E-state index contributed by atoms with van der Waals surface area (Å²) in [6.45, 7) is 1.67. The largest absolute Gasteiger partial charge is 0.350 e. The van der Waals surface area contributed by atoms with Gasteiger partial charge in [0, 0.05) is 5.92 Å². The van der Waals surface area contributed by atoms with Crippen molar-refractivity contribution in [1.29, 1.82) is 0 Å². The number of primary amides is 1. The van der Waals surface area contributed by atoms with Crippen molar-refractivity contribution in [3.05, 3.63) is 0 Å². The maximum atomic E-state index is 10.7. The number of rotatable bonds is 1. The molecular formula is C12H18N2O2. The van der Waals surface area contributed by atoms with Crippen molar-refractivity contribution in [1.82, 2.24) is 5.06 Å². The van der Waals surface area contributed by atoms with Crippen molar-refractivity contribution in [2.75, 3.05) is 0 Å². The zero-order valence-corrected chi connectivity index (χ0v) is 9.52. The molecule has 0 spiro atoms. The zero-order chi connectivity index (χ0) is 11.7. The minimum atomic E-state index is -0.852. The van der Waals surface area contributed by atoms with Crippen LogP contribution in [-0.4, -0.2) is 22.3 Å². The first-order valence-electron chi connectivity index (χ1n) is 5.86. The lowest BCUT2D eigenvalue weighted by Gasteiger charge is -2.17. The van der Waals surface area contributed by atoms with Crippen molar-refractivity contribution < 1.29 is 10.0 Å². The van der Waals surface area contributed by atoms with Gasteiger partial charge in [-0.2, -0.15) is 5.06 Å². The van der Waals surface area contributed by atoms with E-state index in [0.717, 1.165) is 11.8 Å². The second-order valence-corrected chi connectivity index (χ2v) is 4.93. The lowest BCUT2D eigenvalue weighted by molar-refractivity contribution is -0.0537. The van der Waals surface area contributed by atoms with E-state index in [-0.39, 0.29) is 0 Å². The topological polar surface area (TPSA) is 66.6 Å². The molecule has 2 aliphatic carbocycles. The van der Waals surface area contributed by atoms with Gasteiger partial charge < -0.3 is 5.73 Å². The average Bonchev–Trinajstić information content (AvgIpc) is 2.86. The molecule has 0 heterocycles. The second-order valence-electron chi connectivity index (χ2n) is 4.93. The van der Waals surface area contributed by atoms with Gasteiger partial charge in [0.25, 0.3) is 0 Å². The molecule has 88 valence electrons. The maximum Gasteiger partial charge on any atom is 0.339 e. The van der Waals surface area contributed by atoms with Crippen LogP contribution in [0.25, 0.3) is 0 Å². The molecule has 2 amide bonds. The summed E-state index contributed by atoms with van der Waals surface area (Å²) in [4.78, 5) is 10.7. The molecule has 4 heteroatoms. The Kier molecular flexibility index (Phi) is 3.06. The number of carbonyl (C=O) groups is 1. The number of carbonyl (C=O) groups excluding carboxylic acids is 1. The molecule has 2 saturated carbocycles. The number of nitrogens with zero attached hydrogens (tertiary/aromatic N) is 1. The van der Waals surface area contributed by atoms with Crippen molar-refractivity contribution >= 4 is 6.03 Å². The van der Waals surface area contributed by atoms with E-state index in [1.807, 2.05) is 0 Å². The summed E-state index contributed by atoms with van der Waals surface area (Å²) in [5.74, 6) is 8.17. The summed E-state index contributed by atoms with van der Waals surface area (Å²) < 4.78 is 0. The van der Waals surface area contributed by atoms with Crippen LogP contribution in [-0.2, 0) is 0 Å². The molecule has 3 N–H and O–H groups in total. The quantitative estimate of drug-likeness (QED) is 0.402. The Morgan fingerprint density at radius 1 is 1.50 bits per heavy atom. The minimum Gasteiger partial charge on any atom is -0.350 e. The van der Waals surface area contributed by atoms with Crippen LogP contribution in [0.5, 0.6) is 0 Å². The molecule has 16 heavy (non-hydrogen) atoms. The van der Waals surface area contributed by atoms with Gasteiger partial charge in [-0.05, 0) is 38.0 Å². The van der Waals surface area contributed by atoms with Gasteiger partial charge in [-0.15, -0.1) is 0 Å². The highest BCUT2D eigenvalue weighted by Crippen LogP contribution is 2.47. The third-order valence-corrected chi connectivity index (χ3v) is 3.81.